The molecule has 0 radical (unpaired) electrons. The first kappa shape index (κ1) is 10.8. The first-order valence-electron chi connectivity index (χ1n) is 4.13. The summed E-state index contributed by atoms with van der Waals surface area (Å²) in [5.74, 6) is -0.0447. The summed E-state index contributed by atoms with van der Waals surface area (Å²) in [6, 6.07) is 3.20. The van der Waals surface area contributed by atoms with Crippen molar-refractivity contribution in [2.75, 3.05) is 0 Å². The molecule has 5 N–H and O–H groups in total. The Morgan fingerprint density at radius 2 is 2.13 bits per heavy atom. The molecular weight excluding hydrogens is 198 g/mol. The summed E-state index contributed by atoms with van der Waals surface area (Å²) in [5.41, 5.74) is 7.50. The quantitative estimate of drug-likeness (QED) is 0.323. The van der Waals surface area contributed by atoms with Crippen LogP contribution < -0.4 is 11.2 Å². The highest BCUT2D eigenvalue weighted by Gasteiger charge is 2.05. The van der Waals surface area contributed by atoms with Crippen LogP contribution in [0.4, 0.5) is 4.79 Å². The fourth-order valence-corrected chi connectivity index (χ4v) is 1.01. The predicted molar refractivity (Wildman–Crippen MR) is 54.7 cm³/mol. The van der Waals surface area contributed by atoms with E-state index in [2.05, 4.69) is 5.10 Å². The molecule has 0 aliphatic heterocycles. The van der Waals surface area contributed by atoms with Crippen molar-refractivity contribution in [2.24, 2.45) is 10.8 Å². The number of carbonyl (C=O) groups is 1. The van der Waals surface area contributed by atoms with E-state index < -0.39 is 6.03 Å². The summed E-state index contributed by atoms with van der Waals surface area (Å²) < 4.78 is 0. The van der Waals surface area contributed by atoms with E-state index >= 15 is 0 Å². The summed E-state index contributed by atoms with van der Waals surface area (Å²) >= 11 is 0. The van der Waals surface area contributed by atoms with E-state index in [1.54, 1.807) is 6.92 Å². The average molecular weight is 209 g/mol. The molecule has 15 heavy (non-hydrogen) atoms. The topological polar surface area (TPSA) is 108 Å². The molecule has 0 saturated heterocycles. The van der Waals surface area contributed by atoms with Crippen molar-refractivity contribution >= 4 is 11.7 Å². The predicted octanol–water partition coefficient (Wildman–Crippen LogP) is 0.490. The zero-order valence-electron chi connectivity index (χ0n) is 8.06. The number of hydrazone groups is 1. The van der Waals surface area contributed by atoms with Crippen LogP contribution in [0.1, 0.15) is 12.5 Å². The van der Waals surface area contributed by atoms with Crippen LogP contribution in [0.25, 0.3) is 0 Å². The number of urea groups is 1. The van der Waals surface area contributed by atoms with Gasteiger partial charge in [0, 0.05) is 5.56 Å². The number of nitrogens with two attached hydrogens (primary N) is 1. The Kier molecular flexibility index (Phi) is 3.12. The van der Waals surface area contributed by atoms with Crippen LogP contribution in [0.15, 0.2) is 23.3 Å². The molecule has 0 saturated carbocycles. The second kappa shape index (κ2) is 4.32. The Labute approximate surface area is 86.0 Å². The first-order chi connectivity index (χ1) is 7.00. The van der Waals surface area contributed by atoms with E-state index in [0.717, 1.165) is 0 Å². The van der Waals surface area contributed by atoms with Crippen molar-refractivity contribution in [3.63, 3.8) is 0 Å². The van der Waals surface area contributed by atoms with Gasteiger partial charge in [0.1, 0.15) is 11.5 Å². The lowest BCUT2D eigenvalue weighted by molar-refractivity contribution is 0.249. The maximum absolute atomic E-state index is 10.4. The van der Waals surface area contributed by atoms with Crippen molar-refractivity contribution in [1.29, 1.82) is 0 Å². The van der Waals surface area contributed by atoms with Gasteiger partial charge in [-0.15, -0.1) is 0 Å². The van der Waals surface area contributed by atoms with Crippen molar-refractivity contribution in [3.8, 4) is 11.5 Å². The number of phenolic OH excluding ortho intramolecular Hbond substituents is 2. The normalized spacial score (nSPS) is 11.1. The van der Waals surface area contributed by atoms with E-state index in [-0.39, 0.29) is 11.5 Å². The van der Waals surface area contributed by atoms with Gasteiger partial charge in [-0.1, -0.05) is 0 Å². The van der Waals surface area contributed by atoms with E-state index in [0.29, 0.717) is 11.3 Å². The zero-order chi connectivity index (χ0) is 11.4. The maximum atomic E-state index is 10.4. The molecule has 0 spiro atoms. The third-order valence-electron chi connectivity index (χ3n) is 1.70. The van der Waals surface area contributed by atoms with Gasteiger partial charge in [-0.25, -0.2) is 10.2 Å². The van der Waals surface area contributed by atoms with Gasteiger partial charge in [0.15, 0.2) is 0 Å². The third kappa shape index (κ3) is 2.87. The maximum Gasteiger partial charge on any atom is 0.332 e. The summed E-state index contributed by atoms with van der Waals surface area (Å²) in [5, 5.41) is 22.2. The number of nitrogens with zero attached hydrogens (tertiary/aromatic N) is 1. The monoisotopic (exact) mass is 209 g/mol. The summed E-state index contributed by atoms with van der Waals surface area (Å²) in [4.78, 5) is 10.4. The number of amides is 2. The number of hydrogen-bond acceptors (Lipinski definition) is 4. The molecule has 0 unspecified atom stereocenters. The van der Waals surface area contributed by atoms with Crippen LogP contribution in [0.3, 0.4) is 0 Å². The van der Waals surface area contributed by atoms with Crippen molar-refractivity contribution in [1.82, 2.24) is 5.43 Å². The van der Waals surface area contributed by atoms with Gasteiger partial charge in [0.05, 0.1) is 5.71 Å². The van der Waals surface area contributed by atoms with Crippen molar-refractivity contribution < 1.29 is 15.0 Å². The van der Waals surface area contributed by atoms with Crippen LogP contribution in [0, 0.1) is 0 Å². The van der Waals surface area contributed by atoms with Crippen LogP contribution >= 0.6 is 0 Å². The van der Waals surface area contributed by atoms with Gasteiger partial charge in [-0.2, -0.15) is 5.10 Å². The summed E-state index contributed by atoms with van der Waals surface area (Å²) in [6.45, 7) is 1.56. The molecule has 0 bridgehead atoms. The second-order valence-corrected chi connectivity index (χ2v) is 2.87. The third-order valence-corrected chi connectivity index (χ3v) is 1.70. The Morgan fingerprint density at radius 1 is 1.47 bits per heavy atom. The van der Waals surface area contributed by atoms with E-state index in [1.165, 1.54) is 18.2 Å². The lowest BCUT2D eigenvalue weighted by atomic mass is 10.1. The number of nitrogens with one attached hydrogen (secondary N) is 1. The van der Waals surface area contributed by atoms with E-state index in [1.807, 2.05) is 5.43 Å². The Balaban J connectivity index is 2.99. The number of carbonyl (C=O) groups excluding carboxylic acids is 1. The second-order valence-electron chi connectivity index (χ2n) is 2.87. The first-order valence-corrected chi connectivity index (χ1v) is 4.13. The zero-order valence-corrected chi connectivity index (χ0v) is 8.06. The van der Waals surface area contributed by atoms with Crippen LogP contribution in [-0.4, -0.2) is 22.0 Å². The molecule has 0 aliphatic rings. The lowest BCUT2D eigenvalue weighted by Crippen LogP contribution is -2.25. The Hall–Kier alpha value is -2.24. The van der Waals surface area contributed by atoms with Crippen LogP contribution in [0.5, 0.6) is 11.5 Å². The molecule has 1 aromatic carbocycles. The molecule has 0 fully saturated rings. The van der Waals surface area contributed by atoms with Crippen molar-refractivity contribution in [2.45, 2.75) is 6.92 Å². The van der Waals surface area contributed by atoms with Crippen LogP contribution in [0.2, 0.25) is 0 Å². The number of aromatic hydroxyl groups is 2. The molecular formula is C9H11N3O3. The molecule has 2 amide bonds. The molecule has 0 aliphatic carbocycles. The lowest BCUT2D eigenvalue weighted by Gasteiger charge is -2.04. The minimum absolute atomic E-state index is 0.00331. The number of primary amides is 1. The van der Waals surface area contributed by atoms with Gasteiger partial charge in [-0.05, 0) is 25.1 Å². The summed E-state index contributed by atoms with van der Waals surface area (Å²) in [7, 11) is 0. The number of benzene rings is 1. The molecule has 0 atom stereocenters. The Morgan fingerprint density at radius 3 is 2.73 bits per heavy atom. The van der Waals surface area contributed by atoms with Crippen LogP contribution in [-0.2, 0) is 0 Å². The highest BCUT2D eigenvalue weighted by atomic mass is 16.3. The van der Waals surface area contributed by atoms with Gasteiger partial charge >= 0.3 is 6.03 Å². The highest BCUT2D eigenvalue weighted by molar-refractivity contribution is 6.01. The standard InChI is InChI=1S/C9H11N3O3/c1-5(11-12-9(10)15)7-4-6(13)2-3-8(7)14/h2-4,13-14H,1H3,(H3,10,12,15)/b11-5-. The van der Waals surface area contributed by atoms with E-state index in [9.17, 15) is 15.0 Å². The largest absolute Gasteiger partial charge is 0.508 e. The van der Waals surface area contributed by atoms with Gasteiger partial charge in [0.25, 0.3) is 0 Å². The van der Waals surface area contributed by atoms with E-state index in [4.69, 9.17) is 5.73 Å². The minimum atomic E-state index is -0.797. The van der Waals surface area contributed by atoms with Gasteiger partial charge in [0.2, 0.25) is 0 Å². The molecule has 80 valence electrons. The van der Waals surface area contributed by atoms with Crippen molar-refractivity contribution in [3.05, 3.63) is 23.8 Å². The Bertz CT molecular complexity index is 415. The number of phenols is 2. The fraction of sp³-hybridized carbons (Fsp3) is 0.111. The molecule has 1 rings (SSSR count). The average Bonchev–Trinajstić information content (AvgIpc) is 2.18. The summed E-state index contributed by atoms with van der Waals surface area (Å²) in [6.07, 6.45) is 0. The molecule has 0 heterocycles. The van der Waals surface area contributed by atoms with Gasteiger partial charge < -0.3 is 15.9 Å². The molecule has 6 heteroatoms. The molecule has 0 aromatic heterocycles. The molecule has 1 aromatic rings. The minimum Gasteiger partial charge on any atom is -0.508 e. The highest BCUT2D eigenvalue weighted by Crippen LogP contribution is 2.22. The SMILES string of the molecule is C/C(=N/NC(N)=O)c1cc(O)ccc1O. The number of rotatable bonds is 2. The molecule has 6 nitrogen and oxygen atoms in total. The fourth-order valence-electron chi connectivity index (χ4n) is 1.01. The van der Waals surface area contributed by atoms with Gasteiger partial charge in [-0.3, -0.25) is 0 Å². The number of hydrogen-bond donors (Lipinski definition) is 4. The smallest absolute Gasteiger partial charge is 0.332 e.